The van der Waals surface area contributed by atoms with E-state index < -0.39 is 34.4 Å². The number of ether oxygens (including phenoxy) is 2. The Hall–Kier alpha value is -0.294. The fraction of sp³-hybridized carbons (Fsp3) is 0.724. The van der Waals surface area contributed by atoms with Crippen LogP contribution in [0.5, 0.6) is 0 Å². The van der Waals surface area contributed by atoms with Crippen LogP contribution in [0.3, 0.4) is 0 Å². The van der Waals surface area contributed by atoms with Gasteiger partial charge in [0.25, 0.3) is 0 Å². The summed E-state index contributed by atoms with van der Waals surface area (Å²) in [5.41, 5.74) is 0.0441. The molecule has 0 aliphatic heterocycles. The normalized spacial score (nSPS) is 11.1. The summed E-state index contributed by atoms with van der Waals surface area (Å²) in [5.74, 6) is -2.31. The molecule has 0 amide bonds. The van der Waals surface area contributed by atoms with Crippen molar-refractivity contribution in [3.8, 4) is 0 Å². The van der Waals surface area contributed by atoms with E-state index in [1.165, 1.54) is 102 Å². The molecule has 0 bridgehead atoms. The van der Waals surface area contributed by atoms with Crippen LogP contribution in [-0.2, 0) is 19.6 Å². The summed E-state index contributed by atoms with van der Waals surface area (Å²) in [5, 5.41) is 0. The van der Waals surface area contributed by atoms with Crippen LogP contribution in [0.2, 0.25) is 0 Å². The monoisotopic (exact) mass is 578 g/mol. The average molecular weight is 579 g/mol. The minimum atomic E-state index is -4.48. The molecule has 212 valence electrons. The van der Waals surface area contributed by atoms with Crippen LogP contribution in [0.15, 0.2) is 24.3 Å². The van der Waals surface area contributed by atoms with Crippen LogP contribution < -0.4 is 51.4 Å². The van der Waals surface area contributed by atoms with Crippen LogP contribution in [0.25, 0.3) is 0 Å². The smallest absolute Gasteiger partial charge is 0.748 e. The molecule has 0 N–H and O–H groups in total. The molecule has 0 unspecified atom stereocenters. The Balaban J connectivity index is 0.0000137. The molecule has 0 aliphatic carbocycles. The SMILES string of the molecule is CCCCCCCCCCCCCCCCCCCOC(=O)c1ccccc1C(=O)OCCS(=O)(=O)[O-].[K+]. The maximum absolute atomic E-state index is 12.4. The number of rotatable bonds is 23. The second-order valence-electron chi connectivity index (χ2n) is 9.74. The van der Waals surface area contributed by atoms with Crippen LogP contribution >= 0.6 is 0 Å². The Kier molecular flexibility index (Phi) is 24.3. The van der Waals surface area contributed by atoms with Crippen molar-refractivity contribution in [2.24, 2.45) is 0 Å². The first-order valence-corrected chi connectivity index (χ1v) is 15.8. The van der Waals surface area contributed by atoms with Gasteiger partial charge in [0, 0.05) is 0 Å². The van der Waals surface area contributed by atoms with E-state index in [0.29, 0.717) is 0 Å². The van der Waals surface area contributed by atoms with Gasteiger partial charge in [-0.3, -0.25) is 0 Å². The zero-order chi connectivity index (χ0) is 27.2. The molecule has 0 aliphatic rings. The van der Waals surface area contributed by atoms with Gasteiger partial charge in [-0.1, -0.05) is 122 Å². The van der Waals surface area contributed by atoms with E-state index in [4.69, 9.17) is 9.47 Å². The molecule has 1 rings (SSSR count). The van der Waals surface area contributed by atoms with Gasteiger partial charge in [0.1, 0.15) is 6.61 Å². The molecule has 0 heterocycles. The van der Waals surface area contributed by atoms with Crippen molar-refractivity contribution in [2.45, 2.75) is 116 Å². The molecule has 0 atom stereocenters. The molecule has 9 heteroatoms. The fourth-order valence-electron chi connectivity index (χ4n) is 4.22. The summed E-state index contributed by atoms with van der Waals surface area (Å²) in [6.45, 7) is 1.97. The van der Waals surface area contributed by atoms with Crippen LogP contribution in [0.4, 0.5) is 0 Å². The number of unbranched alkanes of at least 4 members (excludes halogenated alkanes) is 16. The first kappa shape index (κ1) is 37.7. The number of hydrogen-bond donors (Lipinski definition) is 0. The standard InChI is InChI=1S/C29H48O7S.K/c1-2-3-4-5-6-7-8-9-10-11-12-13-14-15-16-17-20-23-35-28(30)26-21-18-19-22-27(26)29(31)36-24-25-37(32,33)34;/h18-19,21-22H,2-17,20,23-25H2,1H3,(H,32,33,34);/q;+1/p-1. The van der Waals surface area contributed by atoms with Crippen molar-refractivity contribution in [3.05, 3.63) is 35.4 Å². The van der Waals surface area contributed by atoms with Crippen LogP contribution in [0, 0.1) is 0 Å². The summed E-state index contributed by atoms with van der Waals surface area (Å²) in [4.78, 5) is 24.6. The minimum absolute atomic E-state index is 0. The van der Waals surface area contributed by atoms with Crippen molar-refractivity contribution in [1.82, 2.24) is 0 Å². The van der Waals surface area contributed by atoms with Gasteiger partial charge in [-0.15, -0.1) is 0 Å². The predicted octanol–water partition coefficient (Wildman–Crippen LogP) is 4.20. The van der Waals surface area contributed by atoms with E-state index in [0.717, 1.165) is 19.3 Å². The molecule has 38 heavy (non-hydrogen) atoms. The quantitative estimate of drug-likeness (QED) is 0.0828. The number of carbonyl (C=O) groups excluding carboxylic acids is 2. The summed E-state index contributed by atoms with van der Waals surface area (Å²) in [6.07, 6.45) is 21.7. The van der Waals surface area contributed by atoms with Crippen molar-refractivity contribution in [2.75, 3.05) is 19.0 Å². The minimum Gasteiger partial charge on any atom is -0.748 e. The number of hydrogen-bond acceptors (Lipinski definition) is 7. The molecule has 7 nitrogen and oxygen atoms in total. The zero-order valence-corrected chi connectivity index (χ0v) is 27.7. The molecule has 0 spiro atoms. The largest absolute Gasteiger partial charge is 1.00 e. The topological polar surface area (TPSA) is 110 Å². The van der Waals surface area contributed by atoms with Gasteiger partial charge >= 0.3 is 63.3 Å². The summed E-state index contributed by atoms with van der Waals surface area (Å²) >= 11 is 0. The second-order valence-corrected chi connectivity index (χ2v) is 11.3. The van der Waals surface area contributed by atoms with E-state index in [-0.39, 0.29) is 69.1 Å². The molecule has 0 saturated carbocycles. The summed E-state index contributed by atoms with van der Waals surface area (Å²) in [6, 6.07) is 6.03. The molecule has 0 aromatic heterocycles. The molecule has 1 aromatic rings. The molecule has 0 saturated heterocycles. The van der Waals surface area contributed by atoms with Crippen molar-refractivity contribution in [3.63, 3.8) is 0 Å². The van der Waals surface area contributed by atoms with Crippen LogP contribution in [-0.4, -0.2) is 43.9 Å². The van der Waals surface area contributed by atoms with Crippen LogP contribution in [0.1, 0.15) is 137 Å². The first-order chi connectivity index (χ1) is 17.8. The van der Waals surface area contributed by atoms with E-state index in [1.807, 2.05) is 0 Å². The molecule has 0 fully saturated rings. The summed E-state index contributed by atoms with van der Waals surface area (Å²) < 4.78 is 42.1. The molecular formula is C29H47KO7S. The third-order valence-electron chi connectivity index (χ3n) is 6.41. The number of esters is 2. The Bertz CT molecular complexity index is 858. The predicted molar refractivity (Wildman–Crippen MR) is 146 cm³/mol. The van der Waals surface area contributed by atoms with Crippen molar-refractivity contribution in [1.29, 1.82) is 0 Å². The van der Waals surface area contributed by atoms with Gasteiger partial charge in [0.2, 0.25) is 0 Å². The van der Waals surface area contributed by atoms with Gasteiger partial charge in [-0.25, -0.2) is 18.0 Å². The van der Waals surface area contributed by atoms with E-state index in [9.17, 15) is 22.6 Å². The van der Waals surface area contributed by atoms with Gasteiger partial charge in [-0.2, -0.15) is 0 Å². The number of benzene rings is 1. The molecule has 1 aromatic carbocycles. The number of carbonyl (C=O) groups is 2. The van der Waals surface area contributed by atoms with Crippen molar-refractivity contribution < 1.29 is 83.4 Å². The molecular weight excluding hydrogens is 531 g/mol. The maximum Gasteiger partial charge on any atom is 1.00 e. The molecule has 0 radical (unpaired) electrons. The van der Waals surface area contributed by atoms with Gasteiger partial charge in [-0.05, 0) is 18.6 Å². The average Bonchev–Trinajstić information content (AvgIpc) is 2.87. The Morgan fingerprint density at radius 1 is 0.632 bits per heavy atom. The van der Waals surface area contributed by atoms with Gasteiger partial charge < -0.3 is 14.0 Å². The Morgan fingerprint density at radius 3 is 1.34 bits per heavy atom. The van der Waals surface area contributed by atoms with Gasteiger partial charge in [0.15, 0.2) is 0 Å². The zero-order valence-electron chi connectivity index (χ0n) is 23.7. The maximum atomic E-state index is 12.4. The van der Waals surface area contributed by atoms with E-state index in [2.05, 4.69) is 6.92 Å². The second kappa shape index (κ2) is 24.5. The van der Waals surface area contributed by atoms with E-state index in [1.54, 1.807) is 12.1 Å². The third-order valence-corrected chi connectivity index (χ3v) is 7.08. The van der Waals surface area contributed by atoms with E-state index >= 15 is 0 Å². The Labute approximate surface area is 273 Å². The first-order valence-electron chi connectivity index (χ1n) is 14.2. The van der Waals surface area contributed by atoms with Gasteiger partial charge in [0.05, 0.1) is 33.6 Å². The Morgan fingerprint density at radius 2 is 0.974 bits per heavy atom. The fourth-order valence-corrected chi connectivity index (χ4v) is 4.51. The summed E-state index contributed by atoms with van der Waals surface area (Å²) in [7, 11) is -4.48. The third kappa shape index (κ3) is 20.6. The van der Waals surface area contributed by atoms with Crippen molar-refractivity contribution >= 4 is 22.1 Å².